The van der Waals surface area contributed by atoms with Crippen molar-refractivity contribution in [3.05, 3.63) is 219 Å². The van der Waals surface area contributed by atoms with Crippen LogP contribution in [0.3, 0.4) is 0 Å². The van der Waals surface area contributed by atoms with Crippen molar-refractivity contribution in [2.45, 2.75) is 0 Å². The molecule has 0 aliphatic heterocycles. The topological polar surface area (TPSA) is 77.3 Å². The van der Waals surface area contributed by atoms with Crippen molar-refractivity contribution in [2.75, 3.05) is 0 Å². The summed E-state index contributed by atoms with van der Waals surface area (Å²) in [6.07, 6.45) is 3.75. The molecular formula is C54H36N6. The van der Waals surface area contributed by atoms with Gasteiger partial charge in [-0.15, -0.1) is 0 Å². The van der Waals surface area contributed by atoms with Gasteiger partial charge in [-0.2, -0.15) is 0 Å². The highest BCUT2D eigenvalue weighted by atomic mass is 15.0. The molecule has 7 aromatic carbocycles. The minimum absolute atomic E-state index is 0.598. The summed E-state index contributed by atoms with van der Waals surface area (Å²) in [5.74, 6) is 2.51. The van der Waals surface area contributed by atoms with Crippen molar-refractivity contribution in [3.63, 3.8) is 0 Å². The number of benzene rings is 7. The first-order valence-electron chi connectivity index (χ1n) is 19.9. The first-order chi connectivity index (χ1) is 29.7. The molecule has 0 N–H and O–H groups in total. The quantitative estimate of drug-likeness (QED) is 0.145. The second-order valence-electron chi connectivity index (χ2n) is 14.3. The van der Waals surface area contributed by atoms with Gasteiger partial charge in [-0.05, 0) is 46.0 Å². The van der Waals surface area contributed by atoms with Crippen LogP contribution >= 0.6 is 0 Å². The molecule has 0 unspecified atom stereocenters. The van der Waals surface area contributed by atoms with Crippen LogP contribution < -0.4 is 0 Å². The zero-order valence-corrected chi connectivity index (χ0v) is 32.5. The summed E-state index contributed by atoms with van der Waals surface area (Å²) >= 11 is 0. The minimum atomic E-state index is 0.598. The Labute approximate surface area is 348 Å². The van der Waals surface area contributed by atoms with Gasteiger partial charge in [0.25, 0.3) is 0 Å². The summed E-state index contributed by atoms with van der Waals surface area (Å²) in [6.45, 7) is 0. The predicted molar refractivity (Wildman–Crippen MR) is 242 cm³/mol. The monoisotopic (exact) mass is 768 g/mol. The zero-order chi connectivity index (χ0) is 40.1. The van der Waals surface area contributed by atoms with Crippen LogP contribution in [0.1, 0.15) is 0 Å². The van der Waals surface area contributed by atoms with E-state index in [4.69, 9.17) is 24.9 Å². The molecule has 0 aliphatic carbocycles. The molecule has 10 aromatic rings. The molecule has 0 saturated carbocycles. The molecule has 60 heavy (non-hydrogen) atoms. The molecule has 0 radical (unpaired) electrons. The van der Waals surface area contributed by atoms with Gasteiger partial charge < -0.3 is 0 Å². The van der Waals surface area contributed by atoms with Crippen molar-refractivity contribution in [1.82, 2.24) is 29.9 Å². The normalized spacial score (nSPS) is 11.0. The maximum absolute atomic E-state index is 5.23. The Balaban J connectivity index is 1.15. The van der Waals surface area contributed by atoms with E-state index in [2.05, 4.69) is 108 Å². The fourth-order valence-electron chi connectivity index (χ4n) is 7.60. The summed E-state index contributed by atoms with van der Waals surface area (Å²) in [5.41, 5.74) is 13.6. The van der Waals surface area contributed by atoms with E-state index in [-0.39, 0.29) is 0 Å². The number of aromatic nitrogens is 6. The fraction of sp³-hybridized carbons (Fsp3) is 0. The summed E-state index contributed by atoms with van der Waals surface area (Å²) in [6, 6.07) is 70.2. The van der Waals surface area contributed by atoms with Crippen molar-refractivity contribution in [1.29, 1.82) is 0 Å². The lowest BCUT2D eigenvalue weighted by Crippen LogP contribution is -2.00. The minimum Gasteiger partial charge on any atom is -0.264 e. The molecular weight excluding hydrogens is 733 g/mol. The third-order valence-corrected chi connectivity index (χ3v) is 10.5. The van der Waals surface area contributed by atoms with E-state index in [1.807, 2.05) is 116 Å². The fourth-order valence-corrected chi connectivity index (χ4v) is 7.60. The van der Waals surface area contributed by atoms with Crippen LogP contribution in [0.15, 0.2) is 219 Å². The number of hydrogen-bond donors (Lipinski definition) is 0. The Morgan fingerprint density at radius 3 is 1.28 bits per heavy atom. The molecule has 0 bridgehead atoms. The Hall–Kier alpha value is -8.22. The number of nitrogens with zero attached hydrogens (tertiary/aromatic N) is 6. The Kier molecular flexibility index (Phi) is 9.84. The predicted octanol–water partition coefficient (Wildman–Crippen LogP) is 13.1. The molecule has 3 aromatic heterocycles. The zero-order valence-electron chi connectivity index (χ0n) is 32.5. The first kappa shape index (κ1) is 36.1. The second-order valence-corrected chi connectivity index (χ2v) is 14.3. The molecule has 0 fully saturated rings. The summed E-state index contributed by atoms with van der Waals surface area (Å²) in [4.78, 5) is 29.9. The van der Waals surface area contributed by atoms with Gasteiger partial charge in [-0.25, -0.2) is 24.9 Å². The van der Waals surface area contributed by atoms with Crippen molar-refractivity contribution in [2.24, 2.45) is 0 Å². The lowest BCUT2D eigenvalue weighted by Gasteiger charge is -2.19. The van der Waals surface area contributed by atoms with Gasteiger partial charge in [-0.1, -0.05) is 188 Å². The van der Waals surface area contributed by atoms with Crippen molar-refractivity contribution < 1.29 is 0 Å². The highest BCUT2D eigenvalue weighted by Crippen LogP contribution is 2.44. The highest BCUT2D eigenvalue weighted by molar-refractivity contribution is 5.98. The maximum atomic E-state index is 5.23. The highest BCUT2D eigenvalue weighted by Gasteiger charge is 2.20. The van der Waals surface area contributed by atoms with E-state index in [1.54, 1.807) is 0 Å². The number of pyridine rings is 1. The lowest BCUT2D eigenvalue weighted by atomic mass is 9.86. The first-order valence-corrected chi connectivity index (χ1v) is 19.9. The van der Waals surface area contributed by atoms with E-state index < -0.39 is 0 Å². The molecule has 0 saturated heterocycles. The third kappa shape index (κ3) is 7.37. The van der Waals surface area contributed by atoms with Crippen LogP contribution in [0.4, 0.5) is 0 Å². The molecule has 3 heterocycles. The van der Waals surface area contributed by atoms with E-state index in [9.17, 15) is 0 Å². The van der Waals surface area contributed by atoms with E-state index in [0.717, 1.165) is 78.1 Å². The van der Waals surface area contributed by atoms with Gasteiger partial charge in [0.2, 0.25) is 0 Å². The number of hydrogen-bond acceptors (Lipinski definition) is 6. The van der Waals surface area contributed by atoms with Gasteiger partial charge in [-0.3, -0.25) is 4.98 Å². The summed E-state index contributed by atoms with van der Waals surface area (Å²) < 4.78 is 0. The SMILES string of the molecule is c1ccc(-c2cc(-c3ccccc3-c3cccc(-c4cccc(-c5nc(-c6ccccc6)nc(-c6ccccc6)n5)c4)c3-c3cccnc3)nc(-c3ccccc3)n2)cc1. The largest absolute Gasteiger partial charge is 0.264 e. The Morgan fingerprint density at radius 1 is 0.250 bits per heavy atom. The van der Waals surface area contributed by atoms with Crippen LogP contribution in [0.2, 0.25) is 0 Å². The summed E-state index contributed by atoms with van der Waals surface area (Å²) in [7, 11) is 0. The van der Waals surface area contributed by atoms with Crippen LogP contribution in [-0.2, 0) is 0 Å². The average molecular weight is 769 g/mol. The molecule has 282 valence electrons. The number of rotatable bonds is 9. The molecule has 6 heteroatoms. The molecule has 0 spiro atoms. The molecule has 0 atom stereocenters. The van der Waals surface area contributed by atoms with Gasteiger partial charge in [0.15, 0.2) is 23.3 Å². The maximum Gasteiger partial charge on any atom is 0.164 e. The van der Waals surface area contributed by atoms with Crippen LogP contribution in [0, 0.1) is 0 Å². The molecule has 0 aliphatic rings. The van der Waals surface area contributed by atoms with Gasteiger partial charge in [0, 0.05) is 51.3 Å². The Bertz CT molecular complexity index is 2950. The molecule has 10 rings (SSSR count). The second kappa shape index (κ2) is 16.3. The van der Waals surface area contributed by atoms with Crippen LogP contribution in [-0.4, -0.2) is 29.9 Å². The van der Waals surface area contributed by atoms with E-state index in [0.29, 0.717) is 23.3 Å². The van der Waals surface area contributed by atoms with Crippen molar-refractivity contribution >= 4 is 0 Å². The van der Waals surface area contributed by atoms with E-state index in [1.165, 1.54) is 0 Å². The van der Waals surface area contributed by atoms with E-state index >= 15 is 0 Å². The molecule has 0 amide bonds. The molecule has 6 nitrogen and oxygen atoms in total. The van der Waals surface area contributed by atoms with Gasteiger partial charge >= 0.3 is 0 Å². The third-order valence-electron chi connectivity index (χ3n) is 10.5. The lowest BCUT2D eigenvalue weighted by molar-refractivity contribution is 1.07. The smallest absolute Gasteiger partial charge is 0.164 e. The van der Waals surface area contributed by atoms with Gasteiger partial charge in [0.1, 0.15) is 0 Å². The Morgan fingerprint density at radius 2 is 0.683 bits per heavy atom. The van der Waals surface area contributed by atoms with Crippen LogP contribution in [0.25, 0.3) is 101 Å². The van der Waals surface area contributed by atoms with Crippen LogP contribution in [0.5, 0.6) is 0 Å². The van der Waals surface area contributed by atoms with Gasteiger partial charge in [0.05, 0.1) is 11.4 Å². The summed E-state index contributed by atoms with van der Waals surface area (Å²) in [5, 5.41) is 0. The standard InChI is InChI=1S/C54H36N6/c1-5-18-37(19-6-1)48-35-49(57-51(56-48)38-20-7-2-8-21-38)46-30-14-13-29-45(46)47-32-16-31-44(50(47)43-28-17-33-55-36-43)41-26-15-27-42(34-41)54-59-52(39-22-9-3-10-23-39)58-53(60-54)40-24-11-4-12-25-40/h1-36H. The van der Waals surface area contributed by atoms with Crippen molar-refractivity contribution in [3.8, 4) is 101 Å². The average Bonchev–Trinajstić information content (AvgIpc) is 3.35.